The van der Waals surface area contributed by atoms with Crippen molar-refractivity contribution in [3.63, 3.8) is 0 Å². The van der Waals surface area contributed by atoms with E-state index in [2.05, 4.69) is 9.55 Å². The van der Waals surface area contributed by atoms with Crippen LogP contribution in [0.25, 0.3) is 11.0 Å². The highest BCUT2D eigenvalue weighted by Crippen LogP contribution is 2.14. The SMILES string of the molecule is Fc1ccc(Cn2ccc3cccnc32)cc1. The van der Waals surface area contributed by atoms with Gasteiger partial charge in [-0.15, -0.1) is 0 Å². The van der Waals surface area contributed by atoms with Gasteiger partial charge in [0.15, 0.2) is 0 Å². The number of pyridine rings is 1. The minimum atomic E-state index is -0.204. The number of benzene rings is 1. The third-order valence-electron chi connectivity index (χ3n) is 2.79. The zero-order chi connectivity index (χ0) is 11.7. The highest BCUT2D eigenvalue weighted by Gasteiger charge is 2.02. The predicted molar refractivity (Wildman–Crippen MR) is 65.2 cm³/mol. The lowest BCUT2D eigenvalue weighted by Crippen LogP contribution is -1.98. The van der Waals surface area contributed by atoms with Crippen LogP contribution in [0.5, 0.6) is 0 Å². The molecule has 3 heteroatoms. The molecule has 17 heavy (non-hydrogen) atoms. The van der Waals surface area contributed by atoms with E-state index in [1.54, 1.807) is 18.3 Å². The van der Waals surface area contributed by atoms with Crippen molar-refractivity contribution in [1.82, 2.24) is 9.55 Å². The van der Waals surface area contributed by atoms with Crippen molar-refractivity contribution >= 4 is 11.0 Å². The molecule has 3 rings (SSSR count). The van der Waals surface area contributed by atoms with E-state index < -0.39 is 0 Å². The lowest BCUT2D eigenvalue weighted by molar-refractivity contribution is 0.626. The summed E-state index contributed by atoms with van der Waals surface area (Å²) in [4.78, 5) is 4.34. The van der Waals surface area contributed by atoms with Crippen LogP contribution in [0, 0.1) is 5.82 Å². The van der Waals surface area contributed by atoms with Gasteiger partial charge < -0.3 is 4.57 Å². The molecule has 0 saturated heterocycles. The van der Waals surface area contributed by atoms with Crippen LogP contribution in [0.2, 0.25) is 0 Å². The van der Waals surface area contributed by atoms with Gasteiger partial charge in [0.2, 0.25) is 0 Å². The van der Waals surface area contributed by atoms with Crippen molar-refractivity contribution in [1.29, 1.82) is 0 Å². The highest BCUT2D eigenvalue weighted by molar-refractivity contribution is 5.75. The van der Waals surface area contributed by atoms with Gasteiger partial charge in [-0.3, -0.25) is 0 Å². The van der Waals surface area contributed by atoms with Crippen molar-refractivity contribution in [3.8, 4) is 0 Å². The molecule has 0 radical (unpaired) electrons. The Morgan fingerprint density at radius 3 is 2.71 bits per heavy atom. The molecule has 2 aromatic heterocycles. The number of fused-ring (bicyclic) bond motifs is 1. The first-order valence-electron chi connectivity index (χ1n) is 5.47. The Hall–Kier alpha value is -2.16. The fourth-order valence-electron chi connectivity index (χ4n) is 1.93. The molecule has 0 amide bonds. The van der Waals surface area contributed by atoms with E-state index in [0.717, 1.165) is 16.6 Å². The van der Waals surface area contributed by atoms with Crippen LogP contribution < -0.4 is 0 Å². The van der Waals surface area contributed by atoms with Gasteiger partial charge in [0.25, 0.3) is 0 Å². The standard InChI is InChI=1S/C14H11FN2/c15-13-5-3-11(4-6-13)10-17-9-7-12-2-1-8-16-14(12)17/h1-9H,10H2. The Bertz CT molecular complexity index is 641. The molecule has 3 aromatic rings. The highest BCUT2D eigenvalue weighted by atomic mass is 19.1. The van der Waals surface area contributed by atoms with Gasteiger partial charge in [-0.2, -0.15) is 0 Å². The van der Waals surface area contributed by atoms with E-state index in [1.807, 2.05) is 24.4 Å². The topological polar surface area (TPSA) is 17.8 Å². The second-order valence-corrected chi connectivity index (χ2v) is 3.99. The Morgan fingerprint density at radius 1 is 1.06 bits per heavy atom. The maximum absolute atomic E-state index is 12.8. The lowest BCUT2D eigenvalue weighted by Gasteiger charge is -2.04. The molecule has 1 aromatic carbocycles. The molecular weight excluding hydrogens is 215 g/mol. The van der Waals surface area contributed by atoms with Crippen molar-refractivity contribution in [3.05, 3.63) is 66.2 Å². The van der Waals surface area contributed by atoms with E-state index in [9.17, 15) is 4.39 Å². The van der Waals surface area contributed by atoms with E-state index in [-0.39, 0.29) is 5.82 Å². The fourth-order valence-corrected chi connectivity index (χ4v) is 1.93. The average molecular weight is 226 g/mol. The lowest BCUT2D eigenvalue weighted by atomic mass is 10.2. The summed E-state index contributed by atoms with van der Waals surface area (Å²) in [7, 11) is 0. The zero-order valence-electron chi connectivity index (χ0n) is 9.18. The second kappa shape index (κ2) is 4.01. The maximum Gasteiger partial charge on any atom is 0.140 e. The molecular formula is C14H11FN2. The van der Waals surface area contributed by atoms with Gasteiger partial charge in [0.05, 0.1) is 0 Å². The number of hydrogen-bond acceptors (Lipinski definition) is 1. The minimum Gasteiger partial charge on any atom is -0.328 e. The van der Waals surface area contributed by atoms with Gasteiger partial charge in [0.1, 0.15) is 11.5 Å². The van der Waals surface area contributed by atoms with E-state index in [0.29, 0.717) is 6.54 Å². The smallest absolute Gasteiger partial charge is 0.140 e. The molecule has 0 saturated carbocycles. The Kier molecular flexibility index (Phi) is 2.37. The summed E-state index contributed by atoms with van der Waals surface area (Å²) in [5, 5.41) is 1.12. The van der Waals surface area contributed by atoms with Crippen molar-refractivity contribution in [2.75, 3.05) is 0 Å². The van der Waals surface area contributed by atoms with E-state index in [1.165, 1.54) is 12.1 Å². The van der Waals surface area contributed by atoms with Crippen LogP contribution in [0.15, 0.2) is 54.9 Å². The number of nitrogens with zero attached hydrogens (tertiary/aromatic N) is 2. The summed E-state index contributed by atoms with van der Waals surface area (Å²) in [5.74, 6) is -0.204. The third-order valence-corrected chi connectivity index (χ3v) is 2.79. The van der Waals surface area contributed by atoms with Gasteiger partial charge in [-0.05, 0) is 35.9 Å². The van der Waals surface area contributed by atoms with Crippen molar-refractivity contribution < 1.29 is 4.39 Å². The first kappa shape index (κ1) is 10.0. The molecule has 2 nitrogen and oxygen atoms in total. The Balaban J connectivity index is 1.97. The molecule has 2 heterocycles. The van der Waals surface area contributed by atoms with Crippen LogP contribution in [-0.2, 0) is 6.54 Å². The largest absolute Gasteiger partial charge is 0.328 e. The fraction of sp³-hybridized carbons (Fsp3) is 0.0714. The summed E-state index contributed by atoms with van der Waals surface area (Å²) < 4.78 is 14.9. The molecule has 0 aliphatic carbocycles. The minimum absolute atomic E-state index is 0.204. The molecule has 0 spiro atoms. The number of hydrogen-bond donors (Lipinski definition) is 0. The second-order valence-electron chi connectivity index (χ2n) is 3.99. The van der Waals surface area contributed by atoms with Crippen LogP contribution in [0.4, 0.5) is 4.39 Å². The first-order chi connectivity index (χ1) is 8.33. The predicted octanol–water partition coefficient (Wildman–Crippen LogP) is 3.22. The average Bonchev–Trinajstić information content (AvgIpc) is 2.76. The summed E-state index contributed by atoms with van der Waals surface area (Å²) in [6.45, 7) is 0.709. The van der Waals surface area contributed by atoms with Crippen LogP contribution in [0.1, 0.15) is 5.56 Å². The van der Waals surface area contributed by atoms with Crippen molar-refractivity contribution in [2.45, 2.75) is 6.54 Å². The maximum atomic E-state index is 12.8. The van der Waals surface area contributed by atoms with Crippen LogP contribution in [-0.4, -0.2) is 9.55 Å². The van der Waals surface area contributed by atoms with Crippen molar-refractivity contribution in [2.24, 2.45) is 0 Å². The Labute approximate surface area is 98.3 Å². The number of aromatic nitrogens is 2. The van der Waals surface area contributed by atoms with Gasteiger partial charge in [0, 0.05) is 24.3 Å². The molecule has 0 aliphatic rings. The monoisotopic (exact) mass is 226 g/mol. The molecule has 0 atom stereocenters. The number of halogens is 1. The summed E-state index contributed by atoms with van der Waals surface area (Å²) in [5.41, 5.74) is 2.02. The van der Waals surface area contributed by atoms with E-state index >= 15 is 0 Å². The quantitative estimate of drug-likeness (QED) is 0.656. The van der Waals surface area contributed by atoms with Crippen LogP contribution >= 0.6 is 0 Å². The molecule has 0 N–H and O–H groups in total. The van der Waals surface area contributed by atoms with Gasteiger partial charge in [-0.25, -0.2) is 9.37 Å². The number of rotatable bonds is 2. The van der Waals surface area contributed by atoms with Crippen LogP contribution in [0.3, 0.4) is 0 Å². The molecule has 0 bridgehead atoms. The molecule has 0 fully saturated rings. The Morgan fingerprint density at radius 2 is 1.88 bits per heavy atom. The summed E-state index contributed by atoms with van der Waals surface area (Å²) in [6, 6.07) is 12.5. The van der Waals surface area contributed by atoms with Gasteiger partial charge >= 0.3 is 0 Å². The summed E-state index contributed by atoms with van der Waals surface area (Å²) >= 11 is 0. The molecule has 0 aliphatic heterocycles. The van der Waals surface area contributed by atoms with Gasteiger partial charge in [-0.1, -0.05) is 12.1 Å². The molecule has 84 valence electrons. The first-order valence-corrected chi connectivity index (χ1v) is 5.47. The third kappa shape index (κ3) is 1.91. The normalized spacial score (nSPS) is 10.9. The van der Waals surface area contributed by atoms with E-state index in [4.69, 9.17) is 0 Å². The zero-order valence-corrected chi connectivity index (χ0v) is 9.18. The molecule has 0 unspecified atom stereocenters. The summed E-state index contributed by atoms with van der Waals surface area (Å²) in [6.07, 6.45) is 3.78.